The van der Waals surface area contributed by atoms with Crippen molar-refractivity contribution >= 4 is 21.8 Å². The molecule has 1 N–H and O–H groups in total. The molecular formula is C12H17F2NO3S2. The molecule has 0 spiro atoms. The summed E-state index contributed by atoms with van der Waals surface area (Å²) < 4.78 is 57.3. The summed E-state index contributed by atoms with van der Waals surface area (Å²) in [7, 11) is -2.47. The smallest absolute Gasteiger partial charge is 0.240 e. The summed E-state index contributed by atoms with van der Waals surface area (Å²) in [5, 5.41) is 0. The first-order chi connectivity index (χ1) is 9.39. The van der Waals surface area contributed by atoms with Gasteiger partial charge in [0, 0.05) is 19.7 Å². The molecule has 20 heavy (non-hydrogen) atoms. The molecule has 1 aromatic rings. The quantitative estimate of drug-likeness (QED) is 0.794. The van der Waals surface area contributed by atoms with E-state index in [1.807, 2.05) is 6.26 Å². The summed E-state index contributed by atoms with van der Waals surface area (Å²) in [5.41, 5.74) is 0. The Kier molecular flexibility index (Phi) is 6.87. The number of benzene rings is 1. The summed E-state index contributed by atoms with van der Waals surface area (Å²) in [6, 6.07) is 2.17. The zero-order valence-electron chi connectivity index (χ0n) is 11.2. The van der Waals surface area contributed by atoms with Crippen molar-refractivity contribution in [2.24, 2.45) is 0 Å². The second-order valence-electron chi connectivity index (χ2n) is 4.10. The monoisotopic (exact) mass is 325 g/mol. The molecule has 0 amide bonds. The first kappa shape index (κ1) is 17.4. The highest BCUT2D eigenvalue weighted by atomic mass is 32.2. The maximum Gasteiger partial charge on any atom is 0.240 e. The van der Waals surface area contributed by atoms with Crippen LogP contribution < -0.4 is 4.72 Å². The molecule has 0 fully saturated rings. The van der Waals surface area contributed by atoms with Crippen LogP contribution in [0.2, 0.25) is 0 Å². The third kappa shape index (κ3) is 5.35. The minimum atomic E-state index is -3.95. The van der Waals surface area contributed by atoms with Gasteiger partial charge in [0.25, 0.3) is 0 Å². The van der Waals surface area contributed by atoms with Gasteiger partial charge in [-0.05, 0) is 30.6 Å². The number of hydrogen-bond acceptors (Lipinski definition) is 4. The molecule has 0 heterocycles. The maximum atomic E-state index is 13.0. The van der Waals surface area contributed by atoms with Crippen LogP contribution >= 0.6 is 11.8 Å². The molecule has 1 unspecified atom stereocenters. The Morgan fingerprint density at radius 3 is 2.40 bits per heavy atom. The van der Waals surface area contributed by atoms with Crippen molar-refractivity contribution in [3.8, 4) is 0 Å². The van der Waals surface area contributed by atoms with Crippen LogP contribution in [0.5, 0.6) is 0 Å². The van der Waals surface area contributed by atoms with Gasteiger partial charge in [-0.25, -0.2) is 21.9 Å². The summed E-state index contributed by atoms with van der Waals surface area (Å²) in [4.78, 5) is -0.435. The molecule has 4 nitrogen and oxygen atoms in total. The van der Waals surface area contributed by atoms with E-state index in [0.717, 1.165) is 17.9 Å². The highest BCUT2D eigenvalue weighted by molar-refractivity contribution is 7.98. The number of ether oxygens (including phenoxy) is 1. The summed E-state index contributed by atoms with van der Waals surface area (Å²) in [6.07, 6.45) is 2.33. The molecule has 1 aromatic carbocycles. The highest BCUT2D eigenvalue weighted by Crippen LogP contribution is 2.13. The van der Waals surface area contributed by atoms with Crippen molar-refractivity contribution < 1.29 is 21.9 Å². The van der Waals surface area contributed by atoms with Gasteiger partial charge in [-0.1, -0.05) is 0 Å². The fourth-order valence-corrected chi connectivity index (χ4v) is 3.13. The predicted molar refractivity (Wildman–Crippen MR) is 75.3 cm³/mol. The minimum Gasteiger partial charge on any atom is -0.380 e. The van der Waals surface area contributed by atoms with E-state index in [0.29, 0.717) is 12.5 Å². The van der Waals surface area contributed by atoms with E-state index in [4.69, 9.17) is 4.74 Å². The van der Waals surface area contributed by atoms with Crippen molar-refractivity contribution in [3.63, 3.8) is 0 Å². The van der Waals surface area contributed by atoms with Gasteiger partial charge < -0.3 is 4.74 Å². The summed E-state index contributed by atoms with van der Waals surface area (Å²) in [5.74, 6) is -1.04. The van der Waals surface area contributed by atoms with E-state index in [-0.39, 0.29) is 12.6 Å². The van der Waals surface area contributed by atoms with Gasteiger partial charge >= 0.3 is 0 Å². The van der Waals surface area contributed by atoms with Crippen LogP contribution in [0, 0.1) is 11.6 Å². The second-order valence-corrected chi connectivity index (χ2v) is 6.85. The average Bonchev–Trinajstić information content (AvgIpc) is 2.38. The van der Waals surface area contributed by atoms with Crippen LogP contribution in [0.4, 0.5) is 8.78 Å². The van der Waals surface area contributed by atoms with Crippen LogP contribution in [-0.4, -0.2) is 40.2 Å². The van der Waals surface area contributed by atoms with E-state index < -0.39 is 26.6 Å². The lowest BCUT2D eigenvalue weighted by Crippen LogP contribution is -2.33. The number of methoxy groups -OCH3 is 1. The lowest BCUT2D eigenvalue weighted by Gasteiger charge is -2.15. The second kappa shape index (κ2) is 7.92. The molecule has 114 valence electrons. The molecule has 1 atom stereocenters. The molecular weight excluding hydrogens is 308 g/mol. The Balaban J connectivity index is 2.74. The largest absolute Gasteiger partial charge is 0.380 e. The zero-order valence-corrected chi connectivity index (χ0v) is 12.9. The Bertz CT molecular complexity index is 517. The fraction of sp³-hybridized carbons (Fsp3) is 0.500. The maximum absolute atomic E-state index is 13.0. The number of rotatable bonds is 8. The molecule has 0 bridgehead atoms. The van der Waals surface area contributed by atoms with Crippen LogP contribution in [0.15, 0.2) is 23.1 Å². The molecule has 0 saturated carbocycles. The summed E-state index contributed by atoms with van der Waals surface area (Å²) in [6.45, 7) is 0.0531. The molecule has 1 rings (SSSR count). The SMILES string of the molecule is COC(CCSC)CNS(=O)(=O)c1cc(F)cc(F)c1. The van der Waals surface area contributed by atoms with Crippen LogP contribution in [-0.2, 0) is 14.8 Å². The van der Waals surface area contributed by atoms with E-state index in [9.17, 15) is 17.2 Å². The zero-order chi connectivity index (χ0) is 15.2. The Morgan fingerprint density at radius 2 is 1.90 bits per heavy atom. The normalized spacial score (nSPS) is 13.4. The number of hydrogen-bond donors (Lipinski definition) is 1. The number of thioether (sulfide) groups is 1. The Labute approximate surface area is 121 Å². The number of sulfonamides is 1. The van der Waals surface area contributed by atoms with E-state index in [1.54, 1.807) is 11.8 Å². The van der Waals surface area contributed by atoms with Gasteiger partial charge in [0.05, 0.1) is 11.0 Å². The van der Waals surface area contributed by atoms with Crippen molar-refractivity contribution in [2.45, 2.75) is 17.4 Å². The lowest BCUT2D eigenvalue weighted by atomic mass is 10.3. The van der Waals surface area contributed by atoms with E-state index >= 15 is 0 Å². The Hall–Kier alpha value is -0.700. The van der Waals surface area contributed by atoms with Gasteiger partial charge in [0.1, 0.15) is 11.6 Å². The van der Waals surface area contributed by atoms with Gasteiger partial charge in [-0.2, -0.15) is 11.8 Å². The van der Waals surface area contributed by atoms with Crippen molar-refractivity contribution in [1.29, 1.82) is 0 Å². The van der Waals surface area contributed by atoms with Gasteiger partial charge in [-0.15, -0.1) is 0 Å². The van der Waals surface area contributed by atoms with Gasteiger partial charge in [0.15, 0.2) is 0 Å². The van der Waals surface area contributed by atoms with Crippen molar-refractivity contribution in [3.05, 3.63) is 29.8 Å². The lowest BCUT2D eigenvalue weighted by molar-refractivity contribution is 0.104. The highest BCUT2D eigenvalue weighted by Gasteiger charge is 2.18. The van der Waals surface area contributed by atoms with Crippen LogP contribution in [0.1, 0.15) is 6.42 Å². The summed E-state index contributed by atoms with van der Waals surface area (Å²) >= 11 is 1.62. The number of halogens is 2. The van der Waals surface area contributed by atoms with Gasteiger partial charge in [-0.3, -0.25) is 0 Å². The van der Waals surface area contributed by atoms with E-state index in [2.05, 4.69) is 4.72 Å². The predicted octanol–water partition coefficient (Wildman–Crippen LogP) is 2.01. The molecule has 0 aromatic heterocycles. The first-order valence-electron chi connectivity index (χ1n) is 5.86. The minimum absolute atomic E-state index is 0.0531. The molecule has 0 saturated heterocycles. The third-order valence-corrected chi connectivity index (χ3v) is 4.67. The average molecular weight is 325 g/mol. The molecule has 0 aliphatic rings. The van der Waals surface area contributed by atoms with Crippen LogP contribution in [0.25, 0.3) is 0 Å². The van der Waals surface area contributed by atoms with Gasteiger partial charge in [0.2, 0.25) is 10.0 Å². The molecule has 0 radical (unpaired) electrons. The molecule has 0 aliphatic carbocycles. The molecule has 0 aliphatic heterocycles. The molecule has 8 heteroatoms. The topological polar surface area (TPSA) is 55.4 Å². The first-order valence-corrected chi connectivity index (χ1v) is 8.74. The fourth-order valence-electron chi connectivity index (χ4n) is 1.52. The van der Waals surface area contributed by atoms with E-state index in [1.165, 1.54) is 7.11 Å². The third-order valence-electron chi connectivity index (χ3n) is 2.62. The van der Waals surface area contributed by atoms with Crippen molar-refractivity contribution in [1.82, 2.24) is 4.72 Å². The standard InChI is InChI=1S/C12H17F2NO3S2/c1-18-11(3-4-19-2)8-15-20(16,17)12-6-9(13)5-10(14)7-12/h5-7,11,15H,3-4,8H2,1-2H3. The van der Waals surface area contributed by atoms with Crippen LogP contribution in [0.3, 0.4) is 0 Å². The Morgan fingerprint density at radius 1 is 1.30 bits per heavy atom. The number of nitrogens with one attached hydrogen (secondary N) is 1. The van der Waals surface area contributed by atoms with Crippen molar-refractivity contribution in [2.75, 3.05) is 25.7 Å².